The monoisotopic (exact) mass is 325 g/mol. The summed E-state index contributed by atoms with van der Waals surface area (Å²) in [5, 5.41) is 13.3. The first kappa shape index (κ1) is 15.8. The van der Waals surface area contributed by atoms with E-state index in [1.165, 1.54) is 0 Å². The fourth-order valence-corrected chi connectivity index (χ4v) is 2.67. The van der Waals surface area contributed by atoms with E-state index in [0.29, 0.717) is 0 Å². The molecule has 0 bridgehead atoms. The molecular formula is C16H17Cl2NO2. The van der Waals surface area contributed by atoms with Crippen molar-refractivity contribution < 1.29 is 9.84 Å². The molecule has 0 heterocycles. The number of rotatable bonds is 5. The highest BCUT2D eigenvalue weighted by molar-refractivity contribution is 6.37. The Morgan fingerprint density at radius 3 is 2.43 bits per heavy atom. The number of phenolic OH excluding ortho intramolecular Hbond substituents is 1. The summed E-state index contributed by atoms with van der Waals surface area (Å²) in [7, 11) is 1.66. The van der Waals surface area contributed by atoms with Crippen LogP contribution in [0.3, 0.4) is 0 Å². The number of nitrogens with one attached hydrogen (secondary N) is 1. The van der Waals surface area contributed by atoms with Crippen molar-refractivity contribution in [2.24, 2.45) is 0 Å². The Balaban J connectivity index is 2.10. The van der Waals surface area contributed by atoms with Crippen LogP contribution < -0.4 is 10.1 Å². The van der Waals surface area contributed by atoms with Gasteiger partial charge in [-0.3, -0.25) is 0 Å². The molecule has 0 aliphatic carbocycles. The van der Waals surface area contributed by atoms with E-state index >= 15 is 0 Å². The summed E-state index contributed by atoms with van der Waals surface area (Å²) < 4.78 is 5.35. The maximum absolute atomic E-state index is 9.56. The second kappa shape index (κ2) is 6.92. The van der Waals surface area contributed by atoms with Crippen molar-refractivity contribution >= 4 is 28.9 Å². The van der Waals surface area contributed by atoms with Crippen LogP contribution in [0.5, 0.6) is 11.5 Å². The first-order valence-corrected chi connectivity index (χ1v) is 7.33. The third-order valence-electron chi connectivity index (χ3n) is 3.15. The normalized spacial score (nSPS) is 12.0. The van der Waals surface area contributed by atoms with Gasteiger partial charge in [0.1, 0.15) is 5.75 Å². The smallest absolute Gasteiger partial charge is 0.152 e. The second-order valence-electron chi connectivity index (χ2n) is 4.85. The zero-order valence-electron chi connectivity index (χ0n) is 11.9. The Morgan fingerprint density at radius 1 is 1.19 bits per heavy atom. The minimum Gasteiger partial charge on any atom is -0.505 e. The summed E-state index contributed by atoms with van der Waals surface area (Å²) in [5.74, 6) is 0.772. The standard InChI is InChI=1S/C16H17Cl2NO2/c1-10(7-11-5-3-4-6-15(11)21-2)19-12-8-13(17)16(20)14(18)9-12/h3-6,8-10,19-20H,7H2,1-2H3. The number of benzene rings is 2. The molecule has 2 N–H and O–H groups in total. The number of para-hydroxylation sites is 1. The Kier molecular flexibility index (Phi) is 5.21. The number of halogens is 2. The van der Waals surface area contributed by atoms with Gasteiger partial charge in [0.15, 0.2) is 5.75 Å². The molecule has 0 aliphatic heterocycles. The third kappa shape index (κ3) is 3.96. The number of phenols is 1. The highest BCUT2D eigenvalue weighted by Gasteiger charge is 2.11. The molecule has 0 amide bonds. The quantitative estimate of drug-likeness (QED) is 0.779. The van der Waals surface area contributed by atoms with Gasteiger partial charge < -0.3 is 15.2 Å². The predicted molar refractivity (Wildman–Crippen MR) is 87.9 cm³/mol. The molecule has 0 fully saturated rings. The number of hydrogen-bond acceptors (Lipinski definition) is 3. The van der Waals surface area contributed by atoms with Crippen LogP contribution in [0.15, 0.2) is 36.4 Å². The molecule has 1 atom stereocenters. The van der Waals surface area contributed by atoms with E-state index in [-0.39, 0.29) is 21.8 Å². The lowest BCUT2D eigenvalue weighted by Gasteiger charge is -2.17. The van der Waals surface area contributed by atoms with Crippen LogP contribution in [0.4, 0.5) is 5.69 Å². The van der Waals surface area contributed by atoms with Crippen LogP contribution in [0.1, 0.15) is 12.5 Å². The average Bonchev–Trinajstić information content (AvgIpc) is 2.45. The molecule has 0 saturated carbocycles. The lowest BCUT2D eigenvalue weighted by Crippen LogP contribution is -2.18. The van der Waals surface area contributed by atoms with Crippen molar-refractivity contribution in [3.05, 3.63) is 52.0 Å². The number of methoxy groups -OCH3 is 1. The fraction of sp³-hybridized carbons (Fsp3) is 0.250. The topological polar surface area (TPSA) is 41.5 Å². The van der Waals surface area contributed by atoms with Gasteiger partial charge in [-0.15, -0.1) is 0 Å². The Morgan fingerprint density at radius 2 is 1.81 bits per heavy atom. The van der Waals surface area contributed by atoms with E-state index in [1.54, 1.807) is 19.2 Å². The van der Waals surface area contributed by atoms with Crippen LogP contribution in [-0.4, -0.2) is 18.3 Å². The number of anilines is 1. The summed E-state index contributed by atoms with van der Waals surface area (Å²) >= 11 is 11.8. The highest BCUT2D eigenvalue weighted by atomic mass is 35.5. The maximum atomic E-state index is 9.56. The molecule has 0 spiro atoms. The van der Waals surface area contributed by atoms with Crippen molar-refractivity contribution in [2.75, 3.05) is 12.4 Å². The molecule has 2 rings (SSSR count). The van der Waals surface area contributed by atoms with E-state index in [2.05, 4.69) is 12.2 Å². The lowest BCUT2D eigenvalue weighted by molar-refractivity contribution is 0.409. The van der Waals surface area contributed by atoms with Crippen molar-refractivity contribution in [1.82, 2.24) is 0 Å². The predicted octanol–water partition coefficient (Wildman–Crippen LogP) is 4.75. The van der Waals surface area contributed by atoms with E-state index in [9.17, 15) is 5.11 Å². The van der Waals surface area contributed by atoms with Crippen molar-refractivity contribution in [3.63, 3.8) is 0 Å². The summed E-state index contributed by atoms with van der Waals surface area (Å²) in [5.41, 5.74) is 1.89. The summed E-state index contributed by atoms with van der Waals surface area (Å²) in [6.45, 7) is 2.06. The van der Waals surface area contributed by atoms with E-state index in [1.807, 2.05) is 24.3 Å². The molecule has 112 valence electrons. The molecule has 21 heavy (non-hydrogen) atoms. The Labute approximate surface area is 134 Å². The van der Waals surface area contributed by atoms with Crippen molar-refractivity contribution in [1.29, 1.82) is 0 Å². The van der Waals surface area contributed by atoms with E-state index in [0.717, 1.165) is 23.4 Å². The van der Waals surface area contributed by atoms with Gasteiger partial charge >= 0.3 is 0 Å². The van der Waals surface area contributed by atoms with Gasteiger partial charge in [0, 0.05) is 11.7 Å². The molecule has 0 aromatic heterocycles. The minimum absolute atomic E-state index is 0.0961. The third-order valence-corrected chi connectivity index (χ3v) is 3.72. The zero-order valence-corrected chi connectivity index (χ0v) is 13.4. The average molecular weight is 326 g/mol. The van der Waals surface area contributed by atoms with E-state index in [4.69, 9.17) is 27.9 Å². The van der Waals surface area contributed by atoms with Gasteiger partial charge in [0.2, 0.25) is 0 Å². The van der Waals surface area contributed by atoms with Crippen LogP contribution >= 0.6 is 23.2 Å². The van der Waals surface area contributed by atoms with Crippen LogP contribution in [0.25, 0.3) is 0 Å². The zero-order chi connectivity index (χ0) is 15.4. The maximum Gasteiger partial charge on any atom is 0.152 e. The van der Waals surface area contributed by atoms with Crippen molar-refractivity contribution in [3.8, 4) is 11.5 Å². The van der Waals surface area contributed by atoms with Gasteiger partial charge in [-0.2, -0.15) is 0 Å². The molecule has 1 unspecified atom stereocenters. The van der Waals surface area contributed by atoms with Gasteiger partial charge in [-0.05, 0) is 37.1 Å². The summed E-state index contributed by atoms with van der Waals surface area (Å²) in [4.78, 5) is 0. The molecule has 0 radical (unpaired) electrons. The van der Waals surface area contributed by atoms with Crippen LogP contribution in [0.2, 0.25) is 10.0 Å². The number of hydrogen-bond donors (Lipinski definition) is 2. The Hall–Kier alpha value is -1.58. The van der Waals surface area contributed by atoms with Crippen molar-refractivity contribution in [2.45, 2.75) is 19.4 Å². The fourth-order valence-electron chi connectivity index (χ4n) is 2.19. The molecule has 0 aliphatic rings. The molecule has 2 aromatic rings. The molecular weight excluding hydrogens is 309 g/mol. The molecule has 3 nitrogen and oxygen atoms in total. The highest BCUT2D eigenvalue weighted by Crippen LogP contribution is 2.35. The van der Waals surface area contributed by atoms with Gasteiger partial charge in [0.05, 0.1) is 17.2 Å². The largest absolute Gasteiger partial charge is 0.505 e. The second-order valence-corrected chi connectivity index (χ2v) is 5.66. The lowest BCUT2D eigenvalue weighted by atomic mass is 10.1. The molecule has 2 aromatic carbocycles. The van der Waals surface area contributed by atoms with Gasteiger partial charge in [0.25, 0.3) is 0 Å². The minimum atomic E-state index is -0.0961. The van der Waals surface area contributed by atoms with Gasteiger partial charge in [-0.25, -0.2) is 0 Å². The Bertz CT molecular complexity index is 608. The number of ether oxygens (including phenoxy) is 1. The van der Waals surface area contributed by atoms with Crippen LogP contribution in [-0.2, 0) is 6.42 Å². The number of aromatic hydroxyl groups is 1. The van der Waals surface area contributed by atoms with Crippen LogP contribution in [0, 0.1) is 0 Å². The molecule has 0 saturated heterocycles. The molecule has 5 heteroatoms. The summed E-state index contributed by atoms with van der Waals surface area (Å²) in [6, 6.07) is 11.4. The summed E-state index contributed by atoms with van der Waals surface area (Å²) in [6.07, 6.45) is 0.792. The first-order valence-electron chi connectivity index (χ1n) is 6.57. The SMILES string of the molecule is COc1ccccc1CC(C)Nc1cc(Cl)c(O)c(Cl)c1. The van der Waals surface area contributed by atoms with E-state index < -0.39 is 0 Å². The van der Waals surface area contributed by atoms with Gasteiger partial charge in [-0.1, -0.05) is 41.4 Å². The first-order chi connectivity index (χ1) is 10.0.